The Bertz CT molecular complexity index is 742. The van der Waals surface area contributed by atoms with Crippen molar-refractivity contribution in [2.45, 2.75) is 25.3 Å². The molecule has 6 nitrogen and oxygen atoms in total. The third-order valence-corrected chi connectivity index (χ3v) is 4.81. The smallest absolute Gasteiger partial charge is 0.254 e. The number of aromatic nitrogens is 2. The van der Waals surface area contributed by atoms with Crippen LogP contribution in [0.5, 0.6) is 0 Å². The lowest BCUT2D eigenvalue weighted by atomic mass is 9.96. The van der Waals surface area contributed by atoms with Crippen LogP contribution in [0.3, 0.4) is 0 Å². The van der Waals surface area contributed by atoms with Gasteiger partial charge in [0, 0.05) is 26.2 Å². The molecular formula is C15H18N4O2S. The summed E-state index contributed by atoms with van der Waals surface area (Å²) in [5, 5.41) is 0. The molecule has 0 radical (unpaired) electrons. The Kier molecular flexibility index (Phi) is 3.60. The summed E-state index contributed by atoms with van der Waals surface area (Å²) in [6.45, 7) is 2.45. The zero-order chi connectivity index (χ0) is 15.9. The molecular weight excluding hydrogens is 300 g/mol. The fourth-order valence-corrected chi connectivity index (χ4v) is 3.58. The molecule has 116 valence electrons. The number of carbonyl (C=O) groups excluding carboxylic acids is 2. The SMILES string of the molecule is CN(C)C(=O)[C@]1(C)CCCN1C(=O)c1ccc2nsnc2c1. The maximum atomic E-state index is 12.9. The van der Waals surface area contributed by atoms with Gasteiger partial charge in [-0.2, -0.15) is 8.75 Å². The van der Waals surface area contributed by atoms with E-state index >= 15 is 0 Å². The largest absolute Gasteiger partial charge is 0.347 e. The van der Waals surface area contributed by atoms with E-state index in [9.17, 15) is 9.59 Å². The fourth-order valence-electron chi connectivity index (χ4n) is 3.06. The highest BCUT2D eigenvalue weighted by Gasteiger charge is 2.46. The van der Waals surface area contributed by atoms with Gasteiger partial charge in [0.15, 0.2) is 0 Å². The molecule has 0 unspecified atom stereocenters. The zero-order valence-electron chi connectivity index (χ0n) is 12.9. The summed E-state index contributed by atoms with van der Waals surface area (Å²) in [4.78, 5) is 28.6. The summed E-state index contributed by atoms with van der Waals surface area (Å²) < 4.78 is 8.31. The van der Waals surface area contributed by atoms with Crippen LogP contribution >= 0.6 is 11.7 Å². The van der Waals surface area contributed by atoms with Crippen molar-refractivity contribution < 1.29 is 9.59 Å². The van der Waals surface area contributed by atoms with Gasteiger partial charge in [0.1, 0.15) is 16.6 Å². The predicted octanol–water partition coefficient (Wildman–Crippen LogP) is 1.77. The van der Waals surface area contributed by atoms with Crippen molar-refractivity contribution in [3.05, 3.63) is 23.8 Å². The van der Waals surface area contributed by atoms with E-state index in [0.717, 1.165) is 29.2 Å². The number of likely N-dealkylation sites (tertiary alicyclic amines) is 1. The average molecular weight is 318 g/mol. The number of nitrogens with zero attached hydrogens (tertiary/aromatic N) is 4. The van der Waals surface area contributed by atoms with Crippen molar-refractivity contribution in [1.82, 2.24) is 18.5 Å². The molecule has 2 heterocycles. The van der Waals surface area contributed by atoms with Gasteiger partial charge in [-0.15, -0.1) is 0 Å². The van der Waals surface area contributed by atoms with Gasteiger partial charge in [-0.25, -0.2) is 0 Å². The van der Waals surface area contributed by atoms with Gasteiger partial charge in [-0.1, -0.05) is 0 Å². The van der Waals surface area contributed by atoms with Crippen molar-refractivity contribution in [2.75, 3.05) is 20.6 Å². The Labute approximate surface area is 133 Å². The van der Waals surface area contributed by atoms with Gasteiger partial charge >= 0.3 is 0 Å². The monoisotopic (exact) mass is 318 g/mol. The lowest BCUT2D eigenvalue weighted by Crippen LogP contribution is -2.55. The highest BCUT2D eigenvalue weighted by molar-refractivity contribution is 7.00. The molecule has 1 aromatic carbocycles. The van der Waals surface area contributed by atoms with Crippen molar-refractivity contribution in [3.8, 4) is 0 Å². The van der Waals surface area contributed by atoms with Crippen LogP contribution in [0.2, 0.25) is 0 Å². The van der Waals surface area contributed by atoms with Gasteiger partial charge in [0.05, 0.1) is 11.7 Å². The Morgan fingerprint density at radius 2 is 2.00 bits per heavy atom. The van der Waals surface area contributed by atoms with E-state index in [0.29, 0.717) is 18.5 Å². The van der Waals surface area contributed by atoms with Crippen LogP contribution in [0.15, 0.2) is 18.2 Å². The molecule has 3 rings (SSSR count). The minimum Gasteiger partial charge on any atom is -0.347 e. The van der Waals surface area contributed by atoms with Gasteiger partial charge in [0.25, 0.3) is 5.91 Å². The van der Waals surface area contributed by atoms with Crippen LogP contribution in [0.1, 0.15) is 30.1 Å². The van der Waals surface area contributed by atoms with E-state index in [-0.39, 0.29) is 11.8 Å². The minimum atomic E-state index is -0.768. The summed E-state index contributed by atoms with van der Waals surface area (Å²) in [5.74, 6) is -0.153. The third-order valence-electron chi connectivity index (χ3n) is 4.25. The first kappa shape index (κ1) is 14.9. The molecule has 0 spiro atoms. The number of benzene rings is 1. The highest BCUT2D eigenvalue weighted by Crippen LogP contribution is 2.32. The van der Waals surface area contributed by atoms with E-state index in [2.05, 4.69) is 8.75 Å². The topological polar surface area (TPSA) is 66.4 Å². The van der Waals surface area contributed by atoms with Crippen LogP contribution in [-0.4, -0.2) is 56.5 Å². The molecule has 1 fully saturated rings. The van der Waals surface area contributed by atoms with Crippen LogP contribution in [0.4, 0.5) is 0 Å². The predicted molar refractivity (Wildman–Crippen MR) is 84.8 cm³/mol. The van der Waals surface area contributed by atoms with Crippen molar-refractivity contribution in [2.24, 2.45) is 0 Å². The van der Waals surface area contributed by atoms with Crippen LogP contribution in [-0.2, 0) is 4.79 Å². The second-order valence-corrected chi connectivity index (χ2v) is 6.53. The normalized spacial score (nSPS) is 21.3. The number of fused-ring (bicyclic) bond motifs is 1. The molecule has 2 amide bonds. The minimum absolute atomic E-state index is 0.0326. The maximum absolute atomic E-state index is 12.9. The number of likely N-dealkylation sites (N-methyl/N-ethyl adjacent to an activating group) is 1. The van der Waals surface area contributed by atoms with E-state index < -0.39 is 5.54 Å². The first-order chi connectivity index (χ1) is 10.4. The number of amides is 2. The highest BCUT2D eigenvalue weighted by atomic mass is 32.1. The van der Waals surface area contributed by atoms with E-state index in [4.69, 9.17) is 0 Å². The lowest BCUT2D eigenvalue weighted by molar-refractivity contribution is -0.138. The Hall–Kier alpha value is -2.02. The van der Waals surface area contributed by atoms with Gasteiger partial charge in [0.2, 0.25) is 5.91 Å². The Balaban J connectivity index is 1.94. The van der Waals surface area contributed by atoms with Crippen molar-refractivity contribution >= 4 is 34.6 Å². The van der Waals surface area contributed by atoms with E-state index in [1.54, 1.807) is 42.1 Å². The summed E-state index contributed by atoms with van der Waals surface area (Å²) in [5.41, 5.74) is 1.29. The first-order valence-corrected chi connectivity index (χ1v) is 7.92. The third kappa shape index (κ3) is 2.25. The van der Waals surface area contributed by atoms with E-state index in [1.807, 2.05) is 6.92 Å². The van der Waals surface area contributed by atoms with Gasteiger partial charge in [-0.3, -0.25) is 9.59 Å². The molecule has 1 atom stereocenters. The quantitative estimate of drug-likeness (QED) is 0.846. The Morgan fingerprint density at radius 1 is 1.27 bits per heavy atom. The Morgan fingerprint density at radius 3 is 2.73 bits per heavy atom. The second kappa shape index (κ2) is 5.31. The number of rotatable bonds is 2. The van der Waals surface area contributed by atoms with Crippen LogP contribution in [0, 0.1) is 0 Å². The molecule has 2 aromatic rings. The summed E-state index contributed by atoms with van der Waals surface area (Å²) in [7, 11) is 3.45. The molecule has 1 aliphatic heterocycles. The van der Waals surface area contributed by atoms with Crippen molar-refractivity contribution in [1.29, 1.82) is 0 Å². The zero-order valence-corrected chi connectivity index (χ0v) is 13.7. The average Bonchev–Trinajstić information content (AvgIpc) is 3.11. The molecule has 7 heteroatoms. The van der Waals surface area contributed by atoms with Gasteiger partial charge in [-0.05, 0) is 38.0 Å². The molecule has 1 aliphatic rings. The molecule has 1 saturated heterocycles. The molecule has 0 aliphatic carbocycles. The van der Waals surface area contributed by atoms with Crippen LogP contribution < -0.4 is 0 Å². The van der Waals surface area contributed by atoms with Crippen molar-refractivity contribution in [3.63, 3.8) is 0 Å². The second-order valence-electron chi connectivity index (χ2n) is 6.00. The number of hydrogen-bond donors (Lipinski definition) is 0. The lowest BCUT2D eigenvalue weighted by Gasteiger charge is -2.35. The molecule has 22 heavy (non-hydrogen) atoms. The summed E-state index contributed by atoms with van der Waals surface area (Å²) in [6.07, 6.45) is 1.53. The van der Waals surface area contributed by atoms with Gasteiger partial charge < -0.3 is 9.80 Å². The number of carbonyl (C=O) groups is 2. The summed E-state index contributed by atoms with van der Waals surface area (Å²) >= 11 is 1.13. The molecule has 0 saturated carbocycles. The number of hydrogen-bond acceptors (Lipinski definition) is 5. The molecule has 1 aromatic heterocycles. The first-order valence-electron chi connectivity index (χ1n) is 7.19. The summed E-state index contributed by atoms with van der Waals surface area (Å²) in [6, 6.07) is 5.30. The fraction of sp³-hybridized carbons (Fsp3) is 0.467. The molecule has 0 bridgehead atoms. The molecule has 0 N–H and O–H groups in total. The maximum Gasteiger partial charge on any atom is 0.254 e. The standard InChI is InChI=1S/C15H18N4O2S/c1-15(14(21)18(2)3)7-4-8-19(15)13(20)10-5-6-11-12(9-10)17-22-16-11/h5-6,9H,4,7-8H2,1-3H3/t15-/m0/s1. The van der Waals surface area contributed by atoms with Crippen LogP contribution in [0.25, 0.3) is 11.0 Å². The van der Waals surface area contributed by atoms with E-state index in [1.165, 1.54) is 0 Å².